The first-order chi connectivity index (χ1) is 11.5. The Morgan fingerprint density at radius 2 is 1.96 bits per heavy atom. The number of hydrogen-bond donors (Lipinski definition) is 1. The van der Waals surface area contributed by atoms with Crippen molar-refractivity contribution in [1.82, 2.24) is 4.90 Å². The minimum absolute atomic E-state index is 0.0788. The van der Waals surface area contributed by atoms with Crippen LogP contribution in [0.25, 0.3) is 0 Å². The van der Waals surface area contributed by atoms with Crippen molar-refractivity contribution < 1.29 is 14.7 Å². The molecule has 0 bridgehead atoms. The van der Waals surface area contributed by atoms with Crippen LogP contribution in [0.3, 0.4) is 0 Å². The van der Waals surface area contributed by atoms with Crippen molar-refractivity contribution in [2.24, 2.45) is 5.92 Å². The van der Waals surface area contributed by atoms with Gasteiger partial charge in [-0.2, -0.15) is 0 Å². The Hall–Kier alpha value is -1.88. The maximum atomic E-state index is 12.8. The van der Waals surface area contributed by atoms with E-state index in [4.69, 9.17) is 0 Å². The molecule has 24 heavy (non-hydrogen) atoms. The molecule has 0 aliphatic carbocycles. The lowest BCUT2D eigenvalue weighted by atomic mass is 9.94. The number of piperidine rings is 2. The lowest BCUT2D eigenvalue weighted by Crippen LogP contribution is -2.50. The van der Waals surface area contributed by atoms with Crippen molar-refractivity contribution in [3.63, 3.8) is 0 Å². The van der Waals surface area contributed by atoms with Gasteiger partial charge in [-0.1, -0.05) is 6.07 Å². The molecule has 2 aliphatic rings. The first-order valence-corrected chi connectivity index (χ1v) is 8.80. The van der Waals surface area contributed by atoms with Crippen LogP contribution < -0.4 is 4.90 Å². The number of aryl methyl sites for hydroxylation is 2. The van der Waals surface area contributed by atoms with Crippen molar-refractivity contribution in [2.75, 3.05) is 24.5 Å². The fraction of sp³-hybridized carbons (Fsp3) is 0.579. The van der Waals surface area contributed by atoms with Crippen LogP contribution in [-0.4, -0.2) is 47.6 Å². The van der Waals surface area contributed by atoms with Crippen LogP contribution in [0.15, 0.2) is 18.2 Å². The number of β-amino-alcohol motifs (C(OH)–C–C–N with tert-alkyl or cyclic N) is 1. The molecule has 0 spiro atoms. The molecule has 1 aromatic rings. The van der Waals surface area contributed by atoms with Crippen LogP contribution in [0.5, 0.6) is 0 Å². The molecule has 0 aromatic heterocycles. The van der Waals surface area contributed by atoms with Crippen molar-refractivity contribution in [3.05, 3.63) is 29.3 Å². The summed E-state index contributed by atoms with van der Waals surface area (Å²) in [5.74, 6) is -0.00863. The molecule has 5 heteroatoms. The second-order valence-corrected chi connectivity index (χ2v) is 7.09. The first kappa shape index (κ1) is 17.0. The Morgan fingerprint density at radius 1 is 1.17 bits per heavy atom. The summed E-state index contributed by atoms with van der Waals surface area (Å²) >= 11 is 0. The fourth-order valence-electron chi connectivity index (χ4n) is 3.60. The van der Waals surface area contributed by atoms with Crippen LogP contribution in [0.1, 0.15) is 36.8 Å². The largest absolute Gasteiger partial charge is 0.391 e. The number of likely N-dealkylation sites (tertiary alicyclic amines) is 1. The topological polar surface area (TPSA) is 60.9 Å². The Bertz CT molecular complexity index is 643. The predicted molar refractivity (Wildman–Crippen MR) is 92.8 cm³/mol. The number of rotatable bonds is 2. The highest BCUT2D eigenvalue weighted by molar-refractivity contribution is 5.96. The highest BCUT2D eigenvalue weighted by Crippen LogP contribution is 2.27. The number of carbonyl (C=O) groups is 2. The van der Waals surface area contributed by atoms with Gasteiger partial charge in [-0.15, -0.1) is 0 Å². The Labute approximate surface area is 143 Å². The molecule has 2 atom stereocenters. The van der Waals surface area contributed by atoms with Crippen molar-refractivity contribution in [3.8, 4) is 0 Å². The summed E-state index contributed by atoms with van der Waals surface area (Å²) in [6, 6.07) is 5.99. The summed E-state index contributed by atoms with van der Waals surface area (Å²) in [7, 11) is 0. The van der Waals surface area contributed by atoms with Crippen LogP contribution in [0.2, 0.25) is 0 Å². The Morgan fingerprint density at radius 3 is 2.67 bits per heavy atom. The Kier molecular flexibility index (Phi) is 4.90. The molecule has 1 N–H and O–H groups in total. The number of hydrogen-bond acceptors (Lipinski definition) is 3. The van der Waals surface area contributed by atoms with Gasteiger partial charge >= 0.3 is 0 Å². The van der Waals surface area contributed by atoms with Crippen molar-refractivity contribution in [2.45, 2.75) is 45.6 Å². The highest BCUT2D eigenvalue weighted by Gasteiger charge is 2.34. The van der Waals surface area contributed by atoms with Crippen molar-refractivity contribution in [1.29, 1.82) is 0 Å². The van der Waals surface area contributed by atoms with Gasteiger partial charge in [0.05, 0.1) is 12.0 Å². The number of benzene rings is 1. The molecule has 0 saturated carbocycles. The normalized spacial score (nSPS) is 25.0. The first-order valence-electron chi connectivity index (χ1n) is 8.80. The maximum absolute atomic E-state index is 12.8. The van der Waals surface area contributed by atoms with E-state index in [1.54, 1.807) is 9.80 Å². The summed E-state index contributed by atoms with van der Waals surface area (Å²) in [4.78, 5) is 28.6. The fourth-order valence-corrected chi connectivity index (χ4v) is 3.60. The van der Waals surface area contributed by atoms with E-state index >= 15 is 0 Å². The van der Waals surface area contributed by atoms with E-state index in [1.807, 2.05) is 32.0 Å². The predicted octanol–water partition coefficient (Wildman–Crippen LogP) is 2.03. The third kappa shape index (κ3) is 3.46. The number of carbonyl (C=O) groups excluding carboxylic acids is 2. The molecule has 3 rings (SSSR count). The Balaban J connectivity index is 1.74. The third-order valence-corrected chi connectivity index (χ3v) is 5.27. The molecule has 1 aromatic carbocycles. The van der Waals surface area contributed by atoms with E-state index in [0.717, 1.165) is 24.1 Å². The van der Waals surface area contributed by atoms with Gasteiger partial charge in [-0.25, -0.2) is 0 Å². The smallest absolute Gasteiger partial charge is 0.227 e. The maximum Gasteiger partial charge on any atom is 0.227 e. The zero-order chi connectivity index (χ0) is 17.3. The summed E-state index contributed by atoms with van der Waals surface area (Å²) < 4.78 is 0. The summed E-state index contributed by atoms with van der Waals surface area (Å²) in [6.07, 6.45) is 2.20. The number of aliphatic hydroxyl groups excluding tert-OH is 1. The van der Waals surface area contributed by atoms with Gasteiger partial charge in [0.1, 0.15) is 0 Å². The van der Waals surface area contributed by atoms with E-state index in [-0.39, 0.29) is 17.7 Å². The van der Waals surface area contributed by atoms with E-state index in [9.17, 15) is 14.7 Å². The van der Waals surface area contributed by atoms with Gasteiger partial charge in [0.2, 0.25) is 11.8 Å². The van der Waals surface area contributed by atoms with Gasteiger partial charge in [-0.3, -0.25) is 9.59 Å². The average Bonchev–Trinajstić information content (AvgIpc) is 2.57. The van der Waals surface area contributed by atoms with Gasteiger partial charge in [-0.05, 0) is 56.4 Å². The van der Waals surface area contributed by atoms with Crippen LogP contribution in [0.4, 0.5) is 5.69 Å². The molecule has 2 unspecified atom stereocenters. The quantitative estimate of drug-likeness (QED) is 0.902. The molecule has 2 saturated heterocycles. The molecular formula is C19H26N2O3. The number of amides is 2. The van der Waals surface area contributed by atoms with Gasteiger partial charge in [0.25, 0.3) is 0 Å². The van der Waals surface area contributed by atoms with Gasteiger partial charge < -0.3 is 14.9 Å². The molecule has 0 radical (unpaired) electrons. The van der Waals surface area contributed by atoms with E-state index < -0.39 is 6.10 Å². The number of nitrogens with zero attached hydrogens (tertiary/aromatic N) is 2. The standard InChI is InChI=1S/C19H26N2O3/c1-13-5-7-16(10-14(13)2)21-11-15(6-8-18(21)23)19(24)20-9-3-4-17(22)12-20/h5,7,10,15,17,22H,3-4,6,8-9,11-12H2,1-2H3. The average molecular weight is 330 g/mol. The van der Waals surface area contributed by atoms with Crippen LogP contribution >= 0.6 is 0 Å². The van der Waals surface area contributed by atoms with Crippen LogP contribution in [0, 0.1) is 19.8 Å². The van der Waals surface area contributed by atoms with Gasteiger partial charge in [0.15, 0.2) is 0 Å². The monoisotopic (exact) mass is 330 g/mol. The second kappa shape index (κ2) is 6.93. The summed E-state index contributed by atoms with van der Waals surface area (Å²) in [5.41, 5.74) is 3.21. The molecule has 5 nitrogen and oxygen atoms in total. The summed E-state index contributed by atoms with van der Waals surface area (Å²) in [6.45, 7) is 5.65. The lowest BCUT2D eigenvalue weighted by Gasteiger charge is -2.37. The molecule has 2 aliphatic heterocycles. The van der Waals surface area contributed by atoms with Crippen LogP contribution in [-0.2, 0) is 9.59 Å². The third-order valence-electron chi connectivity index (χ3n) is 5.27. The minimum atomic E-state index is -0.413. The highest BCUT2D eigenvalue weighted by atomic mass is 16.3. The zero-order valence-electron chi connectivity index (χ0n) is 14.5. The molecule has 130 valence electrons. The van der Waals surface area contributed by atoms with Gasteiger partial charge in [0, 0.05) is 31.7 Å². The molecular weight excluding hydrogens is 304 g/mol. The lowest BCUT2D eigenvalue weighted by molar-refractivity contribution is -0.139. The summed E-state index contributed by atoms with van der Waals surface area (Å²) in [5, 5.41) is 9.80. The molecule has 2 fully saturated rings. The van der Waals surface area contributed by atoms with E-state index in [0.29, 0.717) is 32.5 Å². The van der Waals surface area contributed by atoms with E-state index in [2.05, 4.69) is 0 Å². The second-order valence-electron chi connectivity index (χ2n) is 7.09. The molecule has 2 heterocycles. The number of aliphatic hydroxyl groups is 1. The zero-order valence-corrected chi connectivity index (χ0v) is 14.5. The van der Waals surface area contributed by atoms with E-state index in [1.165, 1.54) is 5.56 Å². The number of anilines is 1. The SMILES string of the molecule is Cc1ccc(N2CC(C(=O)N3CCCC(O)C3)CCC2=O)cc1C. The minimum Gasteiger partial charge on any atom is -0.391 e. The molecule has 2 amide bonds. The van der Waals surface area contributed by atoms with Crippen molar-refractivity contribution >= 4 is 17.5 Å².